The van der Waals surface area contributed by atoms with Crippen LogP contribution in [0.25, 0.3) is 33.3 Å². The summed E-state index contributed by atoms with van der Waals surface area (Å²) in [5, 5.41) is 19.7. The molecule has 0 spiro atoms. The smallest absolute Gasteiger partial charge is 0.324 e. The number of esters is 1. The van der Waals surface area contributed by atoms with Crippen molar-refractivity contribution < 1.29 is 33.8 Å². The first-order valence-corrected chi connectivity index (χ1v) is 23.0. The van der Waals surface area contributed by atoms with Crippen molar-refractivity contribution in [2.45, 2.75) is 124 Å². The van der Waals surface area contributed by atoms with Gasteiger partial charge in [0.25, 0.3) is 5.91 Å². The maximum absolute atomic E-state index is 14.7. The number of fused-ring (bicyclic) bond motifs is 6. The summed E-state index contributed by atoms with van der Waals surface area (Å²) in [5.74, 6) is -2.35. The maximum Gasteiger partial charge on any atom is 0.324 e. The van der Waals surface area contributed by atoms with Crippen LogP contribution in [0.2, 0.25) is 0 Å². The predicted molar refractivity (Wildman–Crippen MR) is 249 cm³/mol. The topological polar surface area (TPSA) is 188 Å². The van der Waals surface area contributed by atoms with Crippen molar-refractivity contribution in [2.75, 3.05) is 33.8 Å². The Morgan fingerprint density at radius 2 is 1.75 bits per heavy atom. The van der Waals surface area contributed by atoms with E-state index in [1.54, 1.807) is 26.1 Å². The van der Waals surface area contributed by atoms with Crippen LogP contribution in [0.3, 0.4) is 0 Å². The van der Waals surface area contributed by atoms with Crippen LogP contribution >= 0.6 is 0 Å². The van der Waals surface area contributed by atoms with Gasteiger partial charge < -0.3 is 34.8 Å². The average molecular weight is 891 g/mol. The van der Waals surface area contributed by atoms with E-state index in [4.69, 9.17) is 9.72 Å². The minimum Gasteiger partial charge on any atom is -0.508 e. The molecular weight excluding hydrogens is 825 g/mol. The van der Waals surface area contributed by atoms with Gasteiger partial charge in [0.15, 0.2) is 0 Å². The fourth-order valence-corrected chi connectivity index (χ4v) is 9.54. The molecule has 2 fully saturated rings. The Morgan fingerprint density at radius 1 is 1.02 bits per heavy atom. The van der Waals surface area contributed by atoms with Crippen molar-refractivity contribution >= 4 is 40.5 Å². The van der Waals surface area contributed by atoms with Gasteiger partial charge in [0.05, 0.1) is 24.0 Å². The Bertz CT molecular complexity index is 2470. The predicted octanol–water partition coefficient (Wildman–Crippen LogP) is 5.17. The van der Waals surface area contributed by atoms with Gasteiger partial charge in [-0.15, -0.1) is 0 Å². The first kappa shape index (κ1) is 47.2. The zero-order valence-corrected chi connectivity index (χ0v) is 39.5. The first-order chi connectivity index (χ1) is 30.8. The Balaban J connectivity index is 1.31. The summed E-state index contributed by atoms with van der Waals surface area (Å²) < 4.78 is 8.43. The Morgan fingerprint density at radius 3 is 2.43 bits per heavy atom. The lowest BCUT2D eigenvalue weighted by Crippen LogP contribution is -2.62. The highest BCUT2D eigenvalue weighted by Crippen LogP contribution is 2.42. The Hall–Kier alpha value is -5.80. The van der Waals surface area contributed by atoms with Gasteiger partial charge in [-0.25, -0.2) is 5.43 Å². The largest absolute Gasteiger partial charge is 0.508 e. The molecule has 4 N–H and O–H groups in total. The molecule has 0 saturated carbocycles. The Labute approximate surface area is 382 Å². The van der Waals surface area contributed by atoms with Crippen LogP contribution in [-0.2, 0) is 48.1 Å². The number of hydrazine groups is 1. The third-order valence-corrected chi connectivity index (χ3v) is 13.1. The van der Waals surface area contributed by atoms with E-state index in [0.717, 1.165) is 44.5 Å². The fourth-order valence-electron chi connectivity index (χ4n) is 9.54. The molecule has 3 aliphatic rings. The third kappa shape index (κ3) is 9.91. The number of pyridine rings is 1. The highest BCUT2D eigenvalue weighted by atomic mass is 16.5. The van der Waals surface area contributed by atoms with E-state index in [9.17, 15) is 29.1 Å². The number of carbonyl (C=O) groups is 5. The minimum atomic E-state index is -1.17. The Kier molecular flexibility index (Phi) is 13.8. The molecule has 0 aliphatic carbocycles. The van der Waals surface area contributed by atoms with Gasteiger partial charge in [0, 0.05) is 68.2 Å². The van der Waals surface area contributed by atoms with Gasteiger partial charge in [-0.3, -0.25) is 34.0 Å². The molecule has 5 heterocycles. The van der Waals surface area contributed by atoms with E-state index >= 15 is 0 Å². The number of ether oxygens (including phenoxy) is 1. The zero-order valence-electron chi connectivity index (χ0n) is 39.5. The lowest BCUT2D eigenvalue weighted by Gasteiger charge is -2.37. The van der Waals surface area contributed by atoms with E-state index < -0.39 is 53.3 Å². The van der Waals surface area contributed by atoms with Crippen molar-refractivity contribution in [1.82, 2.24) is 40.4 Å². The standard InChI is InChI=1S/C50H66N8O7/c1-11-57-41-17-16-32-24-36(41)37(44(57)35-14-12-18-51-42(35)28(2)3)25-50(7,8)27-65-49(64)38-15-13-19-58(54-38)48(63)39(22-31-20-33(32)23-34(59)21-31)53-45(60)43(29(4)5)56(10)46(61)30(6)55(9)47(62)40-26-52-40/h12,14,16-18,20-21,23-24,28-30,38-40,43,52,54,59H,11,13,15,19,22,25-27H2,1-10H3,(H,53,60)/t30-,38-,39-,40+,43-/m0/s1. The maximum atomic E-state index is 14.7. The summed E-state index contributed by atoms with van der Waals surface area (Å²) in [6, 6.07) is 11.5. The van der Waals surface area contributed by atoms with Crippen molar-refractivity contribution in [2.24, 2.45) is 11.3 Å². The molecular formula is C50H66N8O7. The molecule has 4 aromatic rings. The van der Waals surface area contributed by atoms with E-state index in [0.29, 0.717) is 37.9 Å². The molecule has 2 saturated heterocycles. The molecule has 6 bridgehead atoms. The van der Waals surface area contributed by atoms with Crippen LogP contribution in [0.4, 0.5) is 0 Å². The molecule has 15 nitrogen and oxygen atoms in total. The van der Waals surface area contributed by atoms with Gasteiger partial charge in [0.2, 0.25) is 17.7 Å². The second-order valence-electron chi connectivity index (χ2n) is 19.5. The molecule has 348 valence electrons. The summed E-state index contributed by atoms with van der Waals surface area (Å²) in [5.41, 5.74) is 10.0. The highest BCUT2D eigenvalue weighted by Gasteiger charge is 2.40. The number of phenols is 1. The van der Waals surface area contributed by atoms with Crippen LogP contribution in [0.1, 0.15) is 91.0 Å². The number of likely N-dealkylation sites (N-methyl/N-ethyl adjacent to an activating group) is 2. The number of nitrogens with zero attached hydrogens (tertiary/aromatic N) is 5. The number of aromatic hydroxyl groups is 1. The molecule has 7 rings (SSSR count). The van der Waals surface area contributed by atoms with Gasteiger partial charge in [-0.1, -0.05) is 53.7 Å². The second kappa shape index (κ2) is 19.0. The van der Waals surface area contributed by atoms with E-state index in [1.165, 1.54) is 21.9 Å². The molecule has 0 unspecified atom stereocenters. The molecule has 4 amide bonds. The molecule has 0 radical (unpaired) electrons. The lowest BCUT2D eigenvalue weighted by atomic mass is 9.83. The summed E-state index contributed by atoms with van der Waals surface area (Å²) >= 11 is 0. The van der Waals surface area contributed by atoms with Crippen LogP contribution in [0.5, 0.6) is 5.75 Å². The van der Waals surface area contributed by atoms with E-state index in [2.05, 4.69) is 73.4 Å². The fraction of sp³-hybridized carbons (Fsp3) is 0.520. The summed E-state index contributed by atoms with van der Waals surface area (Å²) in [6.07, 6.45) is 3.35. The number of phenolic OH excluding ortho intramolecular Hbond substituents is 1. The third-order valence-electron chi connectivity index (χ3n) is 13.1. The molecule has 5 atom stereocenters. The number of nitrogens with one attached hydrogen (secondary N) is 3. The van der Waals surface area contributed by atoms with Gasteiger partial charge in [0.1, 0.15) is 29.9 Å². The number of amides is 4. The van der Waals surface area contributed by atoms with Crippen molar-refractivity contribution in [3.8, 4) is 28.1 Å². The number of carbonyl (C=O) groups excluding carboxylic acids is 5. The molecule has 65 heavy (non-hydrogen) atoms. The SMILES string of the molecule is CCn1c(-c2cccnc2C(C)C)c2c3cc(ccc31)-c1cc(O)cc(c1)C[C@H](NC(=O)[C@H](C(C)C)N(C)C(=O)[C@H](C)N(C)C(=O)[C@H]1CN1)C(=O)N1CCC[C@H](N1)C(=O)OCC(C)(C)C2. The number of hydrogen-bond donors (Lipinski definition) is 4. The zero-order chi connectivity index (χ0) is 47.1. The van der Waals surface area contributed by atoms with Gasteiger partial charge in [-0.2, -0.15) is 0 Å². The molecule has 3 aliphatic heterocycles. The summed E-state index contributed by atoms with van der Waals surface area (Å²) in [4.78, 5) is 77.4. The second-order valence-corrected chi connectivity index (χ2v) is 19.5. The summed E-state index contributed by atoms with van der Waals surface area (Å²) in [7, 11) is 3.11. The van der Waals surface area contributed by atoms with Crippen LogP contribution in [-0.4, -0.2) is 123 Å². The van der Waals surface area contributed by atoms with Crippen LogP contribution < -0.4 is 16.1 Å². The van der Waals surface area contributed by atoms with Crippen molar-refractivity contribution in [1.29, 1.82) is 0 Å². The quantitative estimate of drug-likeness (QED) is 0.122. The molecule has 2 aromatic heterocycles. The van der Waals surface area contributed by atoms with E-state index in [-0.39, 0.29) is 49.1 Å². The lowest BCUT2D eigenvalue weighted by molar-refractivity contribution is -0.155. The molecule has 15 heteroatoms. The van der Waals surface area contributed by atoms with E-state index in [1.807, 2.05) is 38.2 Å². The first-order valence-electron chi connectivity index (χ1n) is 23.0. The van der Waals surface area contributed by atoms with Crippen molar-refractivity contribution in [3.05, 3.63) is 71.5 Å². The minimum absolute atomic E-state index is 0.00650. The number of aryl methyl sites for hydroxylation is 1. The van der Waals surface area contributed by atoms with Gasteiger partial charge in [-0.05, 0) is 104 Å². The summed E-state index contributed by atoms with van der Waals surface area (Å²) in [6.45, 7) is 17.5. The molecule has 2 aromatic carbocycles. The van der Waals surface area contributed by atoms with Crippen molar-refractivity contribution in [3.63, 3.8) is 0 Å². The normalized spacial score (nSPS) is 20.8. The van der Waals surface area contributed by atoms with Gasteiger partial charge >= 0.3 is 5.97 Å². The number of benzene rings is 2. The monoisotopic (exact) mass is 891 g/mol. The number of cyclic esters (lactones) is 1. The average Bonchev–Trinajstić information content (AvgIpc) is 4.09. The number of aromatic nitrogens is 2. The van der Waals surface area contributed by atoms with Crippen LogP contribution in [0.15, 0.2) is 54.7 Å². The van der Waals surface area contributed by atoms with Crippen LogP contribution in [0, 0.1) is 11.3 Å². The highest BCUT2D eigenvalue weighted by molar-refractivity contribution is 5.97. The number of hydrogen-bond acceptors (Lipinski definition) is 10. The number of rotatable bonds is 10.